The van der Waals surface area contributed by atoms with Crippen molar-refractivity contribution < 1.29 is 9.47 Å². The third kappa shape index (κ3) is 10.2. The third-order valence-corrected chi connectivity index (χ3v) is 18.4. The van der Waals surface area contributed by atoms with Gasteiger partial charge in [-0.3, -0.25) is 0 Å². The van der Waals surface area contributed by atoms with Crippen LogP contribution in [0.1, 0.15) is 37.8 Å². The molecule has 0 amide bonds. The molecule has 2 nitrogen and oxygen atoms in total. The van der Waals surface area contributed by atoms with Crippen molar-refractivity contribution in [3.05, 3.63) is 35.4 Å². The van der Waals surface area contributed by atoms with Gasteiger partial charge in [-0.1, -0.05) is 129 Å². The molecule has 0 radical (unpaired) electrons. The molecule has 232 valence electrons. The second-order valence-corrected chi connectivity index (χ2v) is 33.4. The highest BCUT2D eigenvalue weighted by atomic mass is 28.3. The normalized spacial score (nSPS) is 12.6. The van der Waals surface area contributed by atoms with Crippen molar-refractivity contribution in [2.75, 3.05) is 13.2 Å². The fourth-order valence-electron chi connectivity index (χ4n) is 5.62. The predicted molar refractivity (Wildman–Crippen MR) is 207 cm³/mol. The van der Waals surface area contributed by atoms with Crippen LogP contribution in [0.25, 0.3) is 0 Å². The molecular formula is C33H64O2Si6. The van der Waals surface area contributed by atoms with Crippen molar-refractivity contribution in [3.63, 3.8) is 0 Å². The van der Waals surface area contributed by atoms with Crippen molar-refractivity contribution in [2.24, 2.45) is 0 Å². The largest absolute Gasteiger partial charge is 0.494 e. The van der Waals surface area contributed by atoms with E-state index in [-0.39, 0.29) is 5.41 Å². The molecule has 0 aliphatic heterocycles. The first-order valence-corrected chi connectivity index (χ1v) is 34.5. The van der Waals surface area contributed by atoms with Crippen LogP contribution in [0.2, 0.25) is 90.7 Å². The molecule has 0 aliphatic carbocycles. The van der Waals surface area contributed by atoms with Gasteiger partial charge >= 0.3 is 0 Å². The number of hydrogen-bond donors (Lipinski definition) is 0. The first kappa shape index (κ1) is 36.5. The molecular weight excluding hydrogens is 597 g/mol. The summed E-state index contributed by atoms with van der Waals surface area (Å²) >= 11 is 0. The van der Waals surface area contributed by atoms with Gasteiger partial charge in [-0.15, -0.1) is 0 Å². The summed E-state index contributed by atoms with van der Waals surface area (Å²) in [5.74, 6) is 2.55. The van der Waals surface area contributed by atoms with Gasteiger partial charge in [0.1, 0.15) is 11.5 Å². The van der Waals surface area contributed by atoms with E-state index in [0.717, 1.165) is 13.2 Å². The molecule has 0 fully saturated rings. The van der Waals surface area contributed by atoms with E-state index in [1.165, 1.54) is 47.6 Å². The van der Waals surface area contributed by atoms with Gasteiger partial charge in [-0.2, -0.15) is 0 Å². The van der Waals surface area contributed by atoms with Gasteiger partial charge in [0, 0.05) is 23.0 Å². The lowest BCUT2D eigenvalue weighted by Crippen LogP contribution is -2.40. The molecule has 2 aromatic rings. The van der Waals surface area contributed by atoms with Crippen LogP contribution in [0.3, 0.4) is 0 Å². The van der Waals surface area contributed by atoms with Gasteiger partial charge in [0.05, 0.1) is 48.4 Å². The average Bonchev–Trinajstić information content (AvgIpc) is 2.87. The SMILES string of the molecule is C[SiH](C)CCCOc1c([SiH](C)C)cc(C(C)(C)c2cc([SiH](C)C)c(OCCC[SiH](C)C)c([SiH](C)C)c2)cc1[SiH](C)C. The Labute approximate surface area is 264 Å². The summed E-state index contributed by atoms with van der Waals surface area (Å²) < 4.78 is 13.4. The molecule has 2 rings (SSSR count). The van der Waals surface area contributed by atoms with E-state index in [4.69, 9.17) is 9.47 Å². The number of ether oxygens (including phenoxy) is 2. The first-order chi connectivity index (χ1) is 19.1. The zero-order chi connectivity index (χ0) is 31.1. The van der Waals surface area contributed by atoms with Gasteiger partial charge < -0.3 is 9.47 Å². The Morgan fingerprint density at radius 1 is 0.488 bits per heavy atom. The summed E-state index contributed by atoms with van der Waals surface area (Å²) in [5.41, 5.74) is 2.90. The minimum absolute atomic E-state index is 0.0598. The van der Waals surface area contributed by atoms with Crippen LogP contribution in [-0.4, -0.2) is 66.0 Å². The summed E-state index contributed by atoms with van der Waals surface area (Å²) in [7, 11) is -5.40. The Balaban J connectivity index is 2.63. The topological polar surface area (TPSA) is 18.5 Å². The lowest BCUT2D eigenvalue weighted by Gasteiger charge is -2.32. The molecule has 0 aliphatic rings. The minimum atomic E-state index is -1.08. The molecule has 0 unspecified atom stereocenters. The van der Waals surface area contributed by atoms with Crippen LogP contribution in [0.4, 0.5) is 0 Å². The molecule has 0 spiro atoms. The molecule has 0 saturated carbocycles. The Morgan fingerprint density at radius 2 is 0.756 bits per heavy atom. The fourth-order valence-corrected chi connectivity index (χ4v) is 13.1. The van der Waals surface area contributed by atoms with Gasteiger partial charge in [0.25, 0.3) is 0 Å². The van der Waals surface area contributed by atoms with Crippen molar-refractivity contribution in [1.82, 2.24) is 0 Å². The molecule has 0 atom stereocenters. The summed E-state index contributed by atoms with van der Waals surface area (Å²) in [6, 6.07) is 13.0. The maximum Gasteiger partial charge on any atom is 0.117 e. The summed E-state index contributed by atoms with van der Waals surface area (Å²) in [4.78, 5) is 0. The number of hydrogen-bond acceptors (Lipinski definition) is 2. The molecule has 0 aromatic heterocycles. The standard InChI is InChI=1S/C33H64O2Si6/c1-33(2,25-21-27(38(7)8)31(28(22-25)39(9)10)34-17-15-19-36(3)4)26-23-29(40(11)12)32(30(24-26)41(13)14)35-18-16-20-37(5)6/h21-24,36-41H,15-20H2,1-14H3. The zero-order valence-electron chi connectivity index (χ0n) is 29.3. The lowest BCUT2D eigenvalue weighted by atomic mass is 9.78. The van der Waals surface area contributed by atoms with Crippen LogP contribution in [0.5, 0.6) is 11.5 Å². The van der Waals surface area contributed by atoms with E-state index in [9.17, 15) is 0 Å². The van der Waals surface area contributed by atoms with Gasteiger partial charge in [0.2, 0.25) is 0 Å². The molecule has 0 N–H and O–H groups in total. The summed E-state index contributed by atoms with van der Waals surface area (Å²) in [6.45, 7) is 36.3. The van der Waals surface area contributed by atoms with E-state index in [1.54, 1.807) is 20.7 Å². The van der Waals surface area contributed by atoms with E-state index in [1.807, 2.05) is 0 Å². The van der Waals surface area contributed by atoms with Crippen molar-refractivity contribution in [3.8, 4) is 11.5 Å². The van der Waals surface area contributed by atoms with Gasteiger partial charge in [-0.25, -0.2) is 0 Å². The zero-order valence-corrected chi connectivity index (χ0v) is 36.3. The van der Waals surface area contributed by atoms with Crippen LogP contribution in [-0.2, 0) is 5.41 Å². The Bertz CT molecular complexity index is 965. The highest BCUT2D eigenvalue weighted by molar-refractivity contribution is 6.76. The number of benzene rings is 2. The third-order valence-electron chi connectivity index (χ3n) is 8.57. The second-order valence-electron chi connectivity index (χ2n) is 15.0. The van der Waals surface area contributed by atoms with Gasteiger partial charge in [0.15, 0.2) is 0 Å². The van der Waals surface area contributed by atoms with E-state index < -0.39 is 52.8 Å². The monoisotopic (exact) mass is 660 g/mol. The van der Waals surface area contributed by atoms with Crippen LogP contribution < -0.4 is 30.2 Å². The maximum atomic E-state index is 6.68. The van der Waals surface area contributed by atoms with E-state index >= 15 is 0 Å². The molecule has 0 bridgehead atoms. The molecule has 0 saturated heterocycles. The van der Waals surface area contributed by atoms with Crippen molar-refractivity contribution in [2.45, 2.75) is 123 Å². The predicted octanol–water partition coefficient (Wildman–Crippen LogP) is 5.30. The van der Waals surface area contributed by atoms with Crippen LogP contribution >= 0.6 is 0 Å². The van der Waals surface area contributed by atoms with E-state index in [2.05, 4.69) is 117 Å². The Hall–Kier alpha value is -0.659. The lowest BCUT2D eigenvalue weighted by molar-refractivity contribution is 0.321. The summed E-state index contributed by atoms with van der Waals surface area (Å²) in [5, 5.41) is 6.16. The Morgan fingerprint density at radius 3 is 0.976 bits per heavy atom. The number of rotatable bonds is 16. The highest BCUT2D eigenvalue weighted by Gasteiger charge is 2.30. The Kier molecular flexibility index (Phi) is 14.6. The second kappa shape index (κ2) is 16.4. The van der Waals surface area contributed by atoms with Crippen molar-refractivity contribution >= 4 is 73.5 Å². The van der Waals surface area contributed by atoms with Crippen LogP contribution in [0, 0.1) is 0 Å². The highest BCUT2D eigenvalue weighted by Crippen LogP contribution is 2.32. The molecule has 41 heavy (non-hydrogen) atoms. The molecule has 0 heterocycles. The first-order valence-electron chi connectivity index (χ1n) is 16.7. The van der Waals surface area contributed by atoms with E-state index in [0.29, 0.717) is 0 Å². The van der Waals surface area contributed by atoms with Crippen LogP contribution in [0.15, 0.2) is 24.3 Å². The quantitative estimate of drug-likeness (QED) is 0.180. The van der Waals surface area contributed by atoms with Crippen molar-refractivity contribution in [1.29, 1.82) is 0 Å². The molecule has 2 aromatic carbocycles. The smallest absolute Gasteiger partial charge is 0.117 e. The fraction of sp³-hybridized carbons (Fsp3) is 0.636. The van der Waals surface area contributed by atoms with Gasteiger partial charge in [-0.05, 0) is 44.7 Å². The minimum Gasteiger partial charge on any atom is -0.494 e. The summed E-state index contributed by atoms with van der Waals surface area (Å²) in [6.07, 6.45) is 2.40. The average molecular weight is 661 g/mol. The molecule has 8 heteroatoms. The maximum absolute atomic E-state index is 6.68.